The molecule has 0 fully saturated rings. The van der Waals surface area contributed by atoms with Crippen molar-refractivity contribution in [2.45, 2.75) is 131 Å². The highest BCUT2D eigenvalue weighted by Gasteiger charge is 2.28. The Morgan fingerprint density at radius 1 is 0.513 bits per heavy atom. The maximum Gasteiger partial charge on any atom is 0.472 e. The van der Waals surface area contributed by atoms with Crippen LogP contribution < -0.4 is 0 Å². The molecule has 6 unspecified atom stereocenters. The summed E-state index contributed by atoms with van der Waals surface area (Å²) >= 11 is 0. The molecule has 6 atom stereocenters. The highest BCUT2D eigenvalue weighted by atomic mass is 31.2. The van der Waals surface area contributed by atoms with Gasteiger partial charge in [0.05, 0.1) is 76.3 Å². The molecule has 1 N–H and O–H groups in total. The third-order valence-corrected chi connectivity index (χ3v) is 6.83. The molecular weight excluding hydrogens is 527 g/mol. The maximum atomic E-state index is 12.4. The largest absolute Gasteiger partial charge is 0.472 e. The van der Waals surface area contributed by atoms with Gasteiger partial charge in [-0.25, -0.2) is 4.57 Å². The molecule has 0 spiro atoms. The lowest BCUT2D eigenvalue weighted by atomic mass is 10.3. The molecule has 0 amide bonds. The molecule has 0 bridgehead atoms. The normalized spacial score (nSPS) is 18.3. The summed E-state index contributed by atoms with van der Waals surface area (Å²) in [6.07, 6.45) is 5.04. The van der Waals surface area contributed by atoms with E-state index in [1.54, 1.807) is 13.8 Å². The molecule has 0 radical (unpaired) electrons. The van der Waals surface area contributed by atoms with Crippen LogP contribution >= 0.6 is 7.82 Å². The molecule has 236 valence electrons. The van der Waals surface area contributed by atoms with Crippen molar-refractivity contribution in [2.75, 3.05) is 52.9 Å². The third-order valence-electron chi connectivity index (χ3n) is 5.58. The van der Waals surface area contributed by atoms with Crippen LogP contribution in [0.15, 0.2) is 0 Å². The first-order valence-electron chi connectivity index (χ1n) is 14.8. The third kappa shape index (κ3) is 25.3. The van der Waals surface area contributed by atoms with Crippen LogP contribution in [0.1, 0.15) is 93.9 Å². The van der Waals surface area contributed by atoms with Gasteiger partial charge in [-0.1, -0.05) is 39.5 Å². The molecule has 11 heteroatoms. The van der Waals surface area contributed by atoms with Crippen molar-refractivity contribution >= 4 is 7.82 Å². The first-order chi connectivity index (χ1) is 18.5. The van der Waals surface area contributed by atoms with Crippen molar-refractivity contribution in [3.8, 4) is 0 Å². The highest BCUT2D eigenvalue weighted by Crippen LogP contribution is 2.45. The van der Waals surface area contributed by atoms with Crippen LogP contribution in [0.3, 0.4) is 0 Å². The Morgan fingerprint density at radius 2 is 0.821 bits per heavy atom. The van der Waals surface area contributed by atoms with E-state index in [2.05, 4.69) is 13.8 Å². The number of ether oxygens (including phenoxy) is 6. The monoisotopic (exact) mass is 586 g/mol. The summed E-state index contributed by atoms with van der Waals surface area (Å²) in [5, 5.41) is 0. The summed E-state index contributed by atoms with van der Waals surface area (Å²) < 4.78 is 57.0. The molecule has 0 aromatic carbocycles. The van der Waals surface area contributed by atoms with Crippen molar-refractivity contribution in [2.24, 2.45) is 0 Å². The van der Waals surface area contributed by atoms with Crippen LogP contribution in [-0.2, 0) is 42.0 Å². The Hall–Kier alpha value is -0.130. The van der Waals surface area contributed by atoms with Crippen LogP contribution in [-0.4, -0.2) is 94.4 Å². The molecule has 0 aliphatic rings. The van der Waals surface area contributed by atoms with Gasteiger partial charge in [-0.2, -0.15) is 0 Å². The second-order valence-corrected chi connectivity index (χ2v) is 11.8. The molecule has 39 heavy (non-hydrogen) atoms. The molecule has 0 aromatic heterocycles. The minimum Gasteiger partial charge on any atom is -0.379 e. The zero-order chi connectivity index (χ0) is 29.5. The number of hydrogen-bond donors (Lipinski definition) is 1. The first kappa shape index (κ1) is 38.9. The molecule has 0 rings (SSSR count). The van der Waals surface area contributed by atoms with Gasteiger partial charge in [0.25, 0.3) is 0 Å². The number of phosphoric ester groups is 1. The molecule has 0 saturated heterocycles. The average molecular weight is 587 g/mol. The van der Waals surface area contributed by atoms with E-state index in [9.17, 15) is 9.46 Å². The van der Waals surface area contributed by atoms with Crippen molar-refractivity contribution in [3.05, 3.63) is 0 Å². The van der Waals surface area contributed by atoms with E-state index < -0.39 is 20.0 Å². The predicted molar refractivity (Wildman–Crippen MR) is 153 cm³/mol. The molecule has 0 aliphatic heterocycles. The fourth-order valence-electron chi connectivity index (χ4n) is 3.34. The van der Waals surface area contributed by atoms with Gasteiger partial charge in [-0.05, 0) is 54.4 Å². The van der Waals surface area contributed by atoms with Gasteiger partial charge in [-0.3, -0.25) is 9.05 Å². The van der Waals surface area contributed by atoms with Gasteiger partial charge < -0.3 is 33.3 Å². The molecule has 0 saturated carbocycles. The summed E-state index contributed by atoms with van der Waals surface area (Å²) in [6.45, 7) is 18.9. The Morgan fingerprint density at radius 3 is 1.15 bits per heavy atom. The van der Waals surface area contributed by atoms with Crippen LogP contribution in [0.2, 0.25) is 0 Å². The topological polar surface area (TPSA) is 111 Å². The van der Waals surface area contributed by atoms with E-state index in [-0.39, 0.29) is 37.6 Å². The van der Waals surface area contributed by atoms with Gasteiger partial charge in [0.2, 0.25) is 0 Å². The summed E-state index contributed by atoms with van der Waals surface area (Å²) in [6, 6.07) is 0. The van der Waals surface area contributed by atoms with Crippen LogP contribution in [0.4, 0.5) is 0 Å². The molecule has 10 nitrogen and oxygen atoms in total. The van der Waals surface area contributed by atoms with E-state index in [1.807, 2.05) is 27.7 Å². The number of hydrogen-bond acceptors (Lipinski definition) is 9. The van der Waals surface area contributed by atoms with Gasteiger partial charge in [-0.15, -0.1) is 0 Å². The SMILES string of the molecule is CCCCCOCC(C)OCC(C)OCC(C)OP(=O)(O)OC(C)COC(C)COC(C)COCCCCC. The van der Waals surface area contributed by atoms with Gasteiger partial charge in [0, 0.05) is 13.2 Å². The quantitative estimate of drug-likeness (QED) is 0.0874. The predicted octanol–water partition coefficient (Wildman–Crippen LogP) is 5.93. The van der Waals surface area contributed by atoms with Crippen molar-refractivity contribution < 1.29 is 46.9 Å². The second kappa shape index (κ2) is 24.5. The lowest BCUT2D eigenvalue weighted by Gasteiger charge is -2.23. The number of unbranched alkanes of at least 4 members (excludes halogenated alkanes) is 4. The smallest absolute Gasteiger partial charge is 0.379 e. The average Bonchev–Trinajstić information content (AvgIpc) is 2.87. The van der Waals surface area contributed by atoms with Gasteiger partial charge in [0.1, 0.15) is 0 Å². The van der Waals surface area contributed by atoms with E-state index in [1.165, 1.54) is 25.7 Å². The summed E-state index contributed by atoms with van der Waals surface area (Å²) in [4.78, 5) is 10.1. The van der Waals surface area contributed by atoms with E-state index in [0.29, 0.717) is 26.4 Å². The maximum absolute atomic E-state index is 12.4. The van der Waals surface area contributed by atoms with Gasteiger partial charge in [0.15, 0.2) is 0 Å². The molecule has 0 aliphatic carbocycles. The van der Waals surface area contributed by atoms with E-state index in [4.69, 9.17) is 37.5 Å². The number of phosphoric acid groups is 1. The zero-order valence-corrected chi connectivity index (χ0v) is 26.8. The Labute approximate surface area is 238 Å². The minimum absolute atomic E-state index is 0.0341. The lowest BCUT2D eigenvalue weighted by Crippen LogP contribution is -2.27. The van der Waals surface area contributed by atoms with Crippen LogP contribution in [0.25, 0.3) is 0 Å². The summed E-state index contributed by atoms with van der Waals surface area (Å²) in [7, 11) is -4.28. The Bertz CT molecular complexity index is 551. The van der Waals surface area contributed by atoms with E-state index >= 15 is 0 Å². The minimum atomic E-state index is -4.28. The molecular formula is C28H59O10P. The lowest BCUT2D eigenvalue weighted by molar-refractivity contribution is -0.0765. The van der Waals surface area contributed by atoms with Crippen molar-refractivity contribution in [1.82, 2.24) is 0 Å². The standard InChI is InChI=1S/C28H59O10P/c1-9-11-13-15-31-17-23(3)33-19-25(5)35-21-27(7)37-39(29,30)38-28(8)22-36-26(6)20-34-24(4)18-32-16-14-12-10-2/h23-28H,9-22H2,1-8H3,(H,29,30). The van der Waals surface area contributed by atoms with Gasteiger partial charge >= 0.3 is 7.82 Å². The van der Waals surface area contributed by atoms with Crippen molar-refractivity contribution in [3.63, 3.8) is 0 Å². The molecule has 0 heterocycles. The number of rotatable bonds is 28. The fraction of sp³-hybridized carbons (Fsp3) is 1.00. The zero-order valence-electron chi connectivity index (χ0n) is 25.9. The van der Waals surface area contributed by atoms with Crippen molar-refractivity contribution in [1.29, 1.82) is 0 Å². The summed E-state index contributed by atoms with van der Waals surface area (Å²) in [5.74, 6) is 0. The fourth-order valence-corrected chi connectivity index (χ4v) is 4.42. The Balaban J connectivity index is 4.03. The van der Waals surface area contributed by atoms with E-state index in [0.717, 1.165) is 26.1 Å². The summed E-state index contributed by atoms with van der Waals surface area (Å²) in [5.41, 5.74) is 0. The van der Waals surface area contributed by atoms with Crippen LogP contribution in [0, 0.1) is 0 Å². The Kier molecular flexibility index (Phi) is 24.4. The molecule has 0 aromatic rings. The first-order valence-corrected chi connectivity index (χ1v) is 16.3. The highest BCUT2D eigenvalue weighted by molar-refractivity contribution is 7.47. The second-order valence-electron chi connectivity index (χ2n) is 10.4. The van der Waals surface area contributed by atoms with Crippen LogP contribution in [0.5, 0.6) is 0 Å².